The van der Waals surface area contributed by atoms with Crippen LogP contribution < -0.4 is 0 Å². The van der Waals surface area contributed by atoms with E-state index >= 15 is 0 Å². The maximum Gasteiger partial charge on any atom is 0.422 e. The third-order valence-electron chi connectivity index (χ3n) is 4.48. The summed E-state index contributed by atoms with van der Waals surface area (Å²) in [6.45, 7) is 3.82. The lowest BCUT2D eigenvalue weighted by Gasteiger charge is -2.22. The fraction of sp³-hybridized carbons (Fsp3) is 0.238. The summed E-state index contributed by atoms with van der Waals surface area (Å²) in [6.07, 6.45) is -0.318. The molecule has 26 heavy (non-hydrogen) atoms. The van der Waals surface area contributed by atoms with Crippen LogP contribution >= 0.6 is 0 Å². The smallest absolute Gasteiger partial charge is 0.206 e. The Morgan fingerprint density at radius 1 is 0.962 bits per heavy atom. The maximum absolute atomic E-state index is 13.6. The van der Waals surface area contributed by atoms with Crippen LogP contribution in [0.25, 0.3) is 0 Å². The monoisotopic (exact) mass is 362 g/mol. The van der Waals surface area contributed by atoms with E-state index in [0.29, 0.717) is 23.6 Å². The average Bonchev–Trinajstić information content (AvgIpc) is 2.57. The highest BCUT2D eigenvalue weighted by molar-refractivity contribution is 5.47. The van der Waals surface area contributed by atoms with Crippen molar-refractivity contribution in [2.24, 2.45) is 5.92 Å². The van der Waals surface area contributed by atoms with Crippen molar-refractivity contribution in [3.8, 4) is 11.8 Å². The number of rotatable bonds is 1. The van der Waals surface area contributed by atoms with Gasteiger partial charge >= 0.3 is 6.18 Å². The van der Waals surface area contributed by atoms with Crippen molar-refractivity contribution in [1.82, 2.24) is 0 Å². The van der Waals surface area contributed by atoms with E-state index in [1.54, 1.807) is 6.07 Å². The molecule has 0 heterocycles. The topological polar surface area (TPSA) is 0 Å². The molecule has 5 heteroatoms. The van der Waals surface area contributed by atoms with Gasteiger partial charge in [0.15, 0.2) is 0 Å². The van der Waals surface area contributed by atoms with E-state index in [2.05, 4.69) is 18.4 Å². The first kappa shape index (κ1) is 18.2. The first-order chi connectivity index (χ1) is 12.3. The third kappa shape index (κ3) is 3.80. The number of hydrogen-bond acceptors (Lipinski definition) is 0. The van der Waals surface area contributed by atoms with Gasteiger partial charge in [0, 0.05) is 11.1 Å². The summed E-state index contributed by atoms with van der Waals surface area (Å²) in [5.41, 5.74) is 1.01. The van der Waals surface area contributed by atoms with E-state index in [-0.39, 0.29) is 5.56 Å². The minimum absolute atomic E-state index is 0.141. The van der Waals surface area contributed by atoms with Gasteiger partial charge in [0.05, 0.1) is 0 Å². The Labute approximate surface area is 148 Å². The zero-order valence-electron chi connectivity index (χ0n) is 13.8. The minimum Gasteiger partial charge on any atom is -0.206 e. The molecule has 0 amide bonds. The highest BCUT2D eigenvalue weighted by Gasteiger charge is 2.37. The van der Waals surface area contributed by atoms with Crippen molar-refractivity contribution in [1.29, 1.82) is 0 Å². The molecule has 0 bridgehead atoms. The van der Waals surface area contributed by atoms with Crippen LogP contribution in [0, 0.1) is 29.4 Å². The minimum atomic E-state index is -5.08. The number of benzene rings is 2. The van der Waals surface area contributed by atoms with E-state index in [1.807, 2.05) is 18.2 Å². The lowest BCUT2D eigenvalue weighted by molar-refractivity contribution is -0.142. The molecule has 2 aromatic rings. The van der Waals surface area contributed by atoms with Gasteiger partial charge in [-0.3, -0.25) is 0 Å². The van der Waals surface area contributed by atoms with Crippen molar-refractivity contribution >= 4 is 0 Å². The van der Waals surface area contributed by atoms with Gasteiger partial charge in [0.25, 0.3) is 0 Å². The third-order valence-corrected chi connectivity index (χ3v) is 4.48. The second-order valence-electron chi connectivity index (χ2n) is 6.28. The van der Waals surface area contributed by atoms with Crippen molar-refractivity contribution < 1.29 is 22.0 Å². The van der Waals surface area contributed by atoms with E-state index in [1.165, 1.54) is 11.1 Å². The molecule has 1 aliphatic rings. The average molecular weight is 362 g/mol. The fourth-order valence-electron chi connectivity index (χ4n) is 3.12. The van der Waals surface area contributed by atoms with Crippen LogP contribution in [0.5, 0.6) is 0 Å². The Morgan fingerprint density at radius 2 is 1.62 bits per heavy atom. The van der Waals surface area contributed by atoms with Gasteiger partial charge in [-0.1, -0.05) is 24.0 Å². The van der Waals surface area contributed by atoms with Crippen LogP contribution in [-0.4, -0.2) is 0 Å². The molecule has 0 N–H and O–H groups in total. The Hall–Kier alpha value is -2.61. The number of hydrogen-bond donors (Lipinski definition) is 0. The lowest BCUT2D eigenvalue weighted by atomic mass is 9.83. The molecule has 0 radical (unpaired) electrons. The summed E-state index contributed by atoms with van der Waals surface area (Å²) < 4.78 is 64.9. The van der Waals surface area contributed by atoms with Gasteiger partial charge in [-0.25, -0.2) is 8.78 Å². The van der Waals surface area contributed by atoms with Gasteiger partial charge in [-0.15, -0.1) is 6.58 Å². The summed E-state index contributed by atoms with van der Waals surface area (Å²) in [5, 5.41) is 0. The van der Waals surface area contributed by atoms with Crippen LogP contribution in [0.2, 0.25) is 0 Å². The van der Waals surface area contributed by atoms with E-state index in [4.69, 9.17) is 0 Å². The zero-order chi connectivity index (χ0) is 18.9. The summed E-state index contributed by atoms with van der Waals surface area (Å²) in [7, 11) is 0. The molecule has 0 spiro atoms. The molecule has 1 unspecified atom stereocenters. The quantitative estimate of drug-likeness (QED) is 0.348. The largest absolute Gasteiger partial charge is 0.422 e. The van der Waals surface area contributed by atoms with Crippen LogP contribution in [0.15, 0.2) is 43.0 Å². The predicted molar refractivity (Wildman–Crippen MR) is 89.5 cm³/mol. The van der Waals surface area contributed by atoms with Gasteiger partial charge in [-0.2, -0.15) is 13.2 Å². The second kappa shape index (κ2) is 6.95. The van der Waals surface area contributed by atoms with Crippen LogP contribution in [0.4, 0.5) is 22.0 Å². The van der Waals surface area contributed by atoms with Gasteiger partial charge in [0.2, 0.25) is 0 Å². The molecule has 0 saturated carbocycles. The molecule has 0 nitrogen and oxygen atoms in total. The van der Waals surface area contributed by atoms with Crippen LogP contribution in [-0.2, 0) is 19.0 Å². The number of aryl methyl sites for hydroxylation is 1. The highest BCUT2D eigenvalue weighted by Crippen LogP contribution is 2.34. The molecule has 0 aromatic heterocycles. The van der Waals surface area contributed by atoms with E-state index in [9.17, 15) is 22.0 Å². The molecule has 2 aromatic carbocycles. The molecule has 0 aliphatic heterocycles. The summed E-state index contributed by atoms with van der Waals surface area (Å²) >= 11 is 0. The Morgan fingerprint density at radius 3 is 2.23 bits per heavy atom. The first-order valence-corrected chi connectivity index (χ1v) is 8.10. The zero-order valence-corrected chi connectivity index (χ0v) is 13.8. The predicted octanol–water partition coefficient (Wildman–Crippen LogP) is 5.67. The lowest BCUT2D eigenvalue weighted by Crippen LogP contribution is -2.12. The van der Waals surface area contributed by atoms with Crippen LogP contribution in [0.3, 0.4) is 0 Å². The Balaban J connectivity index is 1.88. The number of halogens is 5. The SMILES string of the molecule is C=CC1CCc2cc(C#Cc3cc(F)c(C(F)(F)F)c(F)c3)ccc2C1. The molecule has 0 saturated heterocycles. The number of allylic oxidation sites excluding steroid dienone is 1. The second-order valence-corrected chi connectivity index (χ2v) is 6.28. The van der Waals surface area contributed by atoms with Crippen molar-refractivity contribution in [3.05, 3.63) is 82.4 Å². The van der Waals surface area contributed by atoms with E-state index < -0.39 is 23.4 Å². The normalized spacial score (nSPS) is 16.4. The molecular weight excluding hydrogens is 347 g/mol. The first-order valence-electron chi connectivity index (χ1n) is 8.10. The van der Waals surface area contributed by atoms with Gasteiger partial charge in [-0.05, 0) is 60.6 Å². The van der Waals surface area contributed by atoms with Gasteiger partial charge < -0.3 is 0 Å². The standard InChI is InChI=1S/C21H15F5/c1-2-13-5-7-17-10-14(6-8-16(17)9-13)3-4-15-11-18(22)20(19(23)12-15)21(24,25)26/h2,6,8,10-13H,1,5,7,9H2. The molecule has 1 atom stereocenters. The highest BCUT2D eigenvalue weighted by atomic mass is 19.4. The number of fused-ring (bicyclic) bond motifs is 1. The molecule has 134 valence electrons. The summed E-state index contributed by atoms with van der Waals surface area (Å²) in [5.74, 6) is 2.43. The summed E-state index contributed by atoms with van der Waals surface area (Å²) in [6, 6.07) is 6.88. The Bertz CT molecular complexity index is 889. The van der Waals surface area contributed by atoms with Gasteiger partial charge in [0.1, 0.15) is 17.2 Å². The van der Waals surface area contributed by atoms with Crippen LogP contribution in [0.1, 0.15) is 34.2 Å². The molecule has 1 aliphatic carbocycles. The van der Waals surface area contributed by atoms with Crippen molar-refractivity contribution in [2.45, 2.75) is 25.4 Å². The molecule has 0 fully saturated rings. The molecule has 3 rings (SSSR count). The maximum atomic E-state index is 13.6. The van der Waals surface area contributed by atoms with Crippen molar-refractivity contribution in [2.75, 3.05) is 0 Å². The summed E-state index contributed by atoms with van der Waals surface area (Å²) in [4.78, 5) is 0. The fourth-order valence-corrected chi connectivity index (χ4v) is 3.12. The molecular formula is C21H15F5. The van der Waals surface area contributed by atoms with Crippen molar-refractivity contribution in [3.63, 3.8) is 0 Å². The van der Waals surface area contributed by atoms with E-state index in [0.717, 1.165) is 19.3 Å². The number of alkyl halides is 3. The Kier molecular flexibility index (Phi) is 4.86.